The van der Waals surface area contributed by atoms with Gasteiger partial charge in [-0.2, -0.15) is 0 Å². The first kappa shape index (κ1) is 21.2. The monoisotopic (exact) mass is 412 g/mol. The maximum atomic E-state index is 12.2. The predicted molar refractivity (Wildman–Crippen MR) is 107 cm³/mol. The summed E-state index contributed by atoms with van der Waals surface area (Å²) in [5.41, 5.74) is 1.42. The highest BCUT2D eigenvalue weighted by Crippen LogP contribution is 2.30. The fourth-order valence-electron chi connectivity index (χ4n) is 2.33. The Labute approximate surface area is 168 Å². The van der Waals surface area contributed by atoms with Crippen molar-refractivity contribution in [3.63, 3.8) is 0 Å². The molecule has 0 saturated heterocycles. The summed E-state index contributed by atoms with van der Waals surface area (Å²) in [6, 6.07) is 9.77. The van der Waals surface area contributed by atoms with Crippen molar-refractivity contribution < 1.29 is 19.0 Å². The van der Waals surface area contributed by atoms with E-state index in [9.17, 15) is 4.79 Å². The van der Waals surface area contributed by atoms with Crippen LogP contribution in [0.1, 0.15) is 18.5 Å². The summed E-state index contributed by atoms with van der Waals surface area (Å²) < 4.78 is 16.0. The van der Waals surface area contributed by atoms with Gasteiger partial charge in [-0.25, -0.2) is 4.79 Å². The van der Waals surface area contributed by atoms with Crippen molar-refractivity contribution in [2.75, 3.05) is 32.8 Å². The Bertz CT molecular complexity index is 786. The molecule has 0 aliphatic rings. The maximum Gasteiger partial charge on any atom is 0.319 e. The van der Waals surface area contributed by atoms with Gasteiger partial charge in [-0.1, -0.05) is 29.3 Å². The molecule has 2 aromatic carbocycles. The minimum Gasteiger partial charge on any atom is -0.493 e. The summed E-state index contributed by atoms with van der Waals surface area (Å²) in [7, 11) is 3.18. The Balaban J connectivity index is 2.00. The highest BCUT2D eigenvalue weighted by molar-refractivity contribution is 6.42. The zero-order chi connectivity index (χ0) is 19.8. The first-order valence-electron chi connectivity index (χ1n) is 8.26. The molecule has 2 rings (SSSR count). The maximum absolute atomic E-state index is 12.2. The molecule has 0 heterocycles. The molecule has 2 amide bonds. The third kappa shape index (κ3) is 6.20. The number of rotatable bonds is 8. The number of hydrogen-bond acceptors (Lipinski definition) is 4. The molecule has 2 N–H and O–H groups in total. The smallest absolute Gasteiger partial charge is 0.319 e. The average Bonchev–Trinajstić information content (AvgIpc) is 2.65. The number of benzene rings is 2. The number of nitrogens with one attached hydrogen (secondary N) is 2. The molecule has 0 bridgehead atoms. The Hall–Kier alpha value is -2.15. The first-order chi connectivity index (χ1) is 12.9. The van der Waals surface area contributed by atoms with Crippen LogP contribution in [0.4, 0.5) is 10.5 Å². The molecule has 2 aromatic rings. The van der Waals surface area contributed by atoms with E-state index in [1.54, 1.807) is 38.5 Å². The van der Waals surface area contributed by atoms with E-state index in [2.05, 4.69) is 10.6 Å². The third-order valence-corrected chi connectivity index (χ3v) is 4.50. The number of anilines is 1. The fourth-order valence-corrected chi connectivity index (χ4v) is 2.63. The fraction of sp³-hybridized carbons (Fsp3) is 0.316. The number of carbonyl (C=O) groups excluding carboxylic acids is 1. The number of amides is 2. The van der Waals surface area contributed by atoms with Gasteiger partial charge in [0.2, 0.25) is 0 Å². The third-order valence-electron chi connectivity index (χ3n) is 3.76. The SMILES string of the molecule is COCCOc1ccc(C(C)NC(=O)Nc2ccc(Cl)c(Cl)c2)cc1OC. The van der Waals surface area contributed by atoms with Crippen LogP contribution >= 0.6 is 23.2 Å². The quantitative estimate of drug-likeness (QED) is 0.604. The van der Waals surface area contributed by atoms with Crippen LogP contribution in [0.25, 0.3) is 0 Å². The molecule has 146 valence electrons. The molecule has 0 radical (unpaired) electrons. The van der Waals surface area contributed by atoms with Crippen molar-refractivity contribution >= 4 is 34.9 Å². The highest BCUT2D eigenvalue weighted by atomic mass is 35.5. The van der Waals surface area contributed by atoms with Gasteiger partial charge in [0.25, 0.3) is 0 Å². The zero-order valence-electron chi connectivity index (χ0n) is 15.3. The topological polar surface area (TPSA) is 68.8 Å². The van der Waals surface area contributed by atoms with E-state index < -0.39 is 0 Å². The predicted octanol–water partition coefficient (Wildman–Crippen LogP) is 4.91. The molecule has 0 aliphatic heterocycles. The van der Waals surface area contributed by atoms with E-state index in [4.69, 9.17) is 37.4 Å². The van der Waals surface area contributed by atoms with Crippen LogP contribution in [0.5, 0.6) is 11.5 Å². The lowest BCUT2D eigenvalue weighted by Crippen LogP contribution is -2.31. The normalized spacial score (nSPS) is 11.6. The van der Waals surface area contributed by atoms with E-state index in [-0.39, 0.29) is 12.1 Å². The van der Waals surface area contributed by atoms with Crippen LogP contribution in [-0.4, -0.2) is 33.5 Å². The Kier molecular flexibility index (Phi) is 8.03. The number of hydrogen-bond donors (Lipinski definition) is 2. The molecule has 0 aliphatic carbocycles. The standard InChI is InChI=1S/C19H22Cl2N2O4/c1-12(22-19(24)23-14-5-6-15(20)16(21)11-14)13-4-7-17(18(10-13)26-3)27-9-8-25-2/h4-7,10-12H,8-9H2,1-3H3,(H2,22,23,24). The molecule has 27 heavy (non-hydrogen) atoms. The van der Waals surface area contributed by atoms with E-state index in [0.29, 0.717) is 40.4 Å². The average molecular weight is 413 g/mol. The van der Waals surface area contributed by atoms with Gasteiger partial charge in [0.05, 0.1) is 29.8 Å². The van der Waals surface area contributed by atoms with Crippen molar-refractivity contribution in [2.45, 2.75) is 13.0 Å². The number of urea groups is 1. The Morgan fingerprint density at radius 3 is 2.48 bits per heavy atom. The molecule has 1 unspecified atom stereocenters. The molecule has 0 spiro atoms. The van der Waals surface area contributed by atoms with Gasteiger partial charge < -0.3 is 24.8 Å². The summed E-state index contributed by atoms with van der Waals surface area (Å²) in [6.07, 6.45) is 0. The van der Waals surface area contributed by atoms with Crippen LogP contribution in [0.15, 0.2) is 36.4 Å². The molecule has 0 saturated carbocycles. The lowest BCUT2D eigenvalue weighted by Gasteiger charge is -2.17. The van der Waals surface area contributed by atoms with Gasteiger partial charge in [-0.05, 0) is 42.8 Å². The second-order valence-electron chi connectivity index (χ2n) is 5.70. The largest absolute Gasteiger partial charge is 0.493 e. The van der Waals surface area contributed by atoms with Crippen molar-refractivity contribution in [3.05, 3.63) is 52.0 Å². The van der Waals surface area contributed by atoms with Gasteiger partial charge in [-0.3, -0.25) is 0 Å². The summed E-state index contributed by atoms with van der Waals surface area (Å²) in [5, 5.41) is 6.38. The summed E-state index contributed by atoms with van der Waals surface area (Å²) in [4.78, 5) is 12.2. The number of halogens is 2. The van der Waals surface area contributed by atoms with Gasteiger partial charge in [0.1, 0.15) is 6.61 Å². The van der Waals surface area contributed by atoms with Gasteiger partial charge in [0, 0.05) is 12.8 Å². The molecule has 8 heteroatoms. The number of methoxy groups -OCH3 is 2. The number of ether oxygens (including phenoxy) is 3. The van der Waals surface area contributed by atoms with E-state index in [0.717, 1.165) is 5.56 Å². The summed E-state index contributed by atoms with van der Waals surface area (Å²) in [5.74, 6) is 1.20. The van der Waals surface area contributed by atoms with Gasteiger partial charge >= 0.3 is 6.03 Å². The van der Waals surface area contributed by atoms with Crippen molar-refractivity contribution in [1.82, 2.24) is 5.32 Å². The van der Waals surface area contributed by atoms with Crippen molar-refractivity contribution in [3.8, 4) is 11.5 Å². The molecule has 0 fully saturated rings. The van der Waals surface area contributed by atoms with Crippen molar-refractivity contribution in [2.24, 2.45) is 0 Å². The van der Waals surface area contributed by atoms with Gasteiger partial charge in [-0.15, -0.1) is 0 Å². The highest BCUT2D eigenvalue weighted by Gasteiger charge is 2.13. The molecule has 6 nitrogen and oxygen atoms in total. The van der Waals surface area contributed by atoms with E-state index in [1.807, 2.05) is 19.1 Å². The van der Waals surface area contributed by atoms with Crippen LogP contribution in [0.3, 0.4) is 0 Å². The minimum absolute atomic E-state index is 0.255. The molecule has 0 aromatic heterocycles. The summed E-state index contributed by atoms with van der Waals surface area (Å²) >= 11 is 11.8. The van der Waals surface area contributed by atoms with E-state index >= 15 is 0 Å². The van der Waals surface area contributed by atoms with Crippen LogP contribution in [-0.2, 0) is 4.74 Å². The first-order valence-corrected chi connectivity index (χ1v) is 9.02. The minimum atomic E-state index is -0.361. The van der Waals surface area contributed by atoms with Crippen LogP contribution in [0, 0.1) is 0 Å². The zero-order valence-corrected chi connectivity index (χ0v) is 16.9. The second-order valence-corrected chi connectivity index (χ2v) is 6.51. The van der Waals surface area contributed by atoms with Crippen molar-refractivity contribution in [1.29, 1.82) is 0 Å². The lowest BCUT2D eigenvalue weighted by molar-refractivity contribution is 0.144. The Morgan fingerprint density at radius 2 is 1.81 bits per heavy atom. The molecule has 1 atom stereocenters. The summed E-state index contributed by atoms with van der Waals surface area (Å²) in [6.45, 7) is 2.78. The van der Waals surface area contributed by atoms with Gasteiger partial charge in [0.15, 0.2) is 11.5 Å². The lowest BCUT2D eigenvalue weighted by atomic mass is 10.1. The Morgan fingerprint density at radius 1 is 1.04 bits per heavy atom. The second kappa shape index (κ2) is 10.3. The van der Waals surface area contributed by atoms with Crippen LogP contribution < -0.4 is 20.1 Å². The van der Waals surface area contributed by atoms with Crippen LogP contribution in [0.2, 0.25) is 10.0 Å². The molecular formula is C19H22Cl2N2O4. The number of carbonyl (C=O) groups is 1. The molecular weight excluding hydrogens is 391 g/mol. The van der Waals surface area contributed by atoms with E-state index in [1.165, 1.54) is 0 Å².